The van der Waals surface area contributed by atoms with Crippen molar-refractivity contribution >= 4 is 16.5 Å². The van der Waals surface area contributed by atoms with Gasteiger partial charge < -0.3 is 4.98 Å². The highest BCUT2D eigenvalue weighted by atomic mass is 14.7. The number of hydrogen-bond acceptors (Lipinski definition) is 0. The van der Waals surface area contributed by atoms with Crippen molar-refractivity contribution in [3.63, 3.8) is 0 Å². The summed E-state index contributed by atoms with van der Waals surface area (Å²) in [6.45, 7) is 2.30. The molecule has 1 aromatic carbocycles. The van der Waals surface area contributed by atoms with E-state index in [1.54, 1.807) is 11.1 Å². The maximum atomic E-state index is 3.62. The predicted octanol–water partition coefficient (Wildman–Crippen LogP) is 4.61. The van der Waals surface area contributed by atoms with Gasteiger partial charge >= 0.3 is 0 Å². The Kier molecular flexibility index (Phi) is 1.82. The van der Waals surface area contributed by atoms with Gasteiger partial charge in [0.05, 0.1) is 0 Å². The molecule has 1 atom stereocenters. The van der Waals surface area contributed by atoms with Crippen molar-refractivity contribution in [3.05, 3.63) is 41.1 Å². The van der Waals surface area contributed by atoms with E-state index in [9.17, 15) is 0 Å². The SMILES string of the molecule is CC1=C2CCCC[C@H]2c2c1[nH]c1ccccc21. The van der Waals surface area contributed by atoms with Gasteiger partial charge in [-0.15, -0.1) is 0 Å². The molecule has 0 saturated heterocycles. The smallest absolute Gasteiger partial charge is 0.0461 e. The highest BCUT2D eigenvalue weighted by Gasteiger charge is 2.33. The van der Waals surface area contributed by atoms with Crippen LogP contribution in [-0.4, -0.2) is 4.98 Å². The zero-order valence-corrected chi connectivity index (χ0v) is 10.2. The third kappa shape index (κ3) is 1.14. The molecule has 1 N–H and O–H groups in total. The Morgan fingerprint density at radius 3 is 3.00 bits per heavy atom. The second-order valence-electron chi connectivity index (χ2n) is 5.41. The molecule has 0 amide bonds. The van der Waals surface area contributed by atoms with Crippen molar-refractivity contribution in [3.8, 4) is 0 Å². The Labute approximate surface area is 102 Å². The van der Waals surface area contributed by atoms with Gasteiger partial charge in [-0.05, 0) is 43.4 Å². The molecule has 4 rings (SSSR count). The van der Waals surface area contributed by atoms with Crippen LogP contribution in [0.1, 0.15) is 49.8 Å². The fourth-order valence-corrected chi connectivity index (χ4v) is 3.76. The van der Waals surface area contributed by atoms with Gasteiger partial charge in [0.1, 0.15) is 0 Å². The molecule has 2 aromatic rings. The zero-order valence-electron chi connectivity index (χ0n) is 10.2. The molecule has 1 nitrogen and oxygen atoms in total. The van der Waals surface area contributed by atoms with Gasteiger partial charge in [-0.25, -0.2) is 0 Å². The number of aromatic nitrogens is 1. The van der Waals surface area contributed by atoms with Crippen molar-refractivity contribution in [1.29, 1.82) is 0 Å². The van der Waals surface area contributed by atoms with Gasteiger partial charge in [-0.2, -0.15) is 0 Å². The van der Waals surface area contributed by atoms with E-state index < -0.39 is 0 Å². The molecule has 1 saturated carbocycles. The van der Waals surface area contributed by atoms with Crippen molar-refractivity contribution in [2.24, 2.45) is 0 Å². The number of nitrogens with one attached hydrogen (secondary N) is 1. The third-order valence-corrected chi connectivity index (χ3v) is 4.56. The summed E-state index contributed by atoms with van der Waals surface area (Å²) >= 11 is 0. The number of allylic oxidation sites excluding steroid dienone is 2. The largest absolute Gasteiger partial charge is 0.355 e. The molecule has 2 aliphatic rings. The summed E-state index contributed by atoms with van der Waals surface area (Å²) in [6.07, 6.45) is 5.43. The summed E-state index contributed by atoms with van der Waals surface area (Å²) in [6, 6.07) is 8.75. The fourth-order valence-electron chi connectivity index (χ4n) is 3.76. The predicted molar refractivity (Wildman–Crippen MR) is 72.1 cm³/mol. The first-order valence-electron chi connectivity index (χ1n) is 6.67. The highest BCUT2D eigenvalue weighted by Crippen LogP contribution is 2.51. The van der Waals surface area contributed by atoms with E-state index in [1.165, 1.54) is 47.9 Å². The molecule has 1 aromatic heterocycles. The summed E-state index contributed by atoms with van der Waals surface area (Å²) in [5.74, 6) is 0.717. The standard InChI is InChI=1S/C16H17N/c1-10-11-6-2-3-7-12(11)15-13-8-4-5-9-14(13)17-16(10)15/h4-5,8-9,12,17H,2-3,6-7H2,1H3/t12-/m1/s1. The van der Waals surface area contributed by atoms with E-state index in [-0.39, 0.29) is 0 Å². The van der Waals surface area contributed by atoms with Gasteiger partial charge in [0.25, 0.3) is 0 Å². The van der Waals surface area contributed by atoms with Crippen molar-refractivity contribution in [2.75, 3.05) is 0 Å². The minimum Gasteiger partial charge on any atom is -0.355 e. The molecule has 1 heterocycles. The maximum Gasteiger partial charge on any atom is 0.0461 e. The van der Waals surface area contributed by atoms with Crippen LogP contribution in [0.5, 0.6) is 0 Å². The van der Waals surface area contributed by atoms with Crippen LogP contribution in [0.15, 0.2) is 29.8 Å². The number of H-pyrrole nitrogens is 1. The van der Waals surface area contributed by atoms with E-state index in [2.05, 4.69) is 36.2 Å². The Balaban J connectivity index is 2.03. The Hall–Kier alpha value is -1.50. The van der Waals surface area contributed by atoms with E-state index in [0.29, 0.717) is 0 Å². The van der Waals surface area contributed by atoms with Crippen LogP contribution >= 0.6 is 0 Å². The van der Waals surface area contributed by atoms with E-state index >= 15 is 0 Å². The van der Waals surface area contributed by atoms with Crippen LogP contribution in [-0.2, 0) is 0 Å². The molecule has 0 aliphatic heterocycles. The molecular weight excluding hydrogens is 206 g/mol. The van der Waals surface area contributed by atoms with Gasteiger partial charge in [-0.1, -0.05) is 30.2 Å². The molecule has 2 aliphatic carbocycles. The van der Waals surface area contributed by atoms with E-state index in [4.69, 9.17) is 0 Å². The molecule has 17 heavy (non-hydrogen) atoms. The maximum absolute atomic E-state index is 3.62. The van der Waals surface area contributed by atoms with Crippen LogP contribution in [0, 0.1) is 0 Å². The average molecular weight is 223 g/mol. The lowest BCUT2D eigenvalue weighted by molar-refractivity contribution is 0.551. The third-order valence-electron chi connectivity index (χ3n) is 4.56. The Morgan fingerprint density at radius 1 is 1.18 bits per heavy atom. The topological polar surface area (TPSA) is 15.8 Å². The number of para-hydroxylation sites is 1. The normalized spacial score (nSPS) is 23.0. The number of aromatic amines is 1. The summed E-state index contributed by atoms with van der Waals surface area (Å²) in [4.78, 5) is 3.62. The number of benzene rings is 1. The highest BCUT2D eigenvalue weighted by molar-refractivity contribution is 5.93. The van der Waals surface area contributed by atoms with Crippen LogP contribution in [0.25, 0.3) is 16.5 Å². The number of fused-ring (bicyclic) bond motifs is 5. The average Bonchev–Trinajstić information content (AvgIpc) is 2.88. The molecule has 86 valence electrons. The van der Waals surface area contributed by atoms with Gasteiger partial charge in [0.2, 0.25) is 0 Å². The van der Waals surface area contributed by atoms with Crippen LogP contribution in [0.4, 0.5) is 0 Å². The fraction of sp³-hybridized carbons (Fsp3) is 0.375. The molecule has 1 heteroatoms. The zero-order chi connectivity index (χ0) is 11.4. The number of rotatable bonds is 0. The lowest BCUT2D eigenvalue weighted by Crippen LogP contribution is -2.04. The molecule has 1 fully saturated rings. The van der Waals surface area contributed by atoms with E-state index in [0.717, 1.165) is 5.92 Å². The lowest BCUT2D eigenvalue weighted by atomic mass is 9.82. The second-order valence-corrected chi connectivity index (χ2v) is 5.41. The minimum absolute atomic E-state index is 0.717. The second kappa shape index (κ2) is 3.25. The molecular formula is C16H17N. The first-order chi connectivity index (χ1) is 8.36. The lowest BCUT2D eigenvalue weighted by Gasteiger charge is -2.22. The Bertz CT molecular complexity index is 630. The van der Waals surface area contributed by atoms with Crippen LogP contribution in [0.3, 0.4) is 0 Å². The van der Waals surface area contributed by atoms with Crippen LogP contribution in [0.2, 0.25) is 0 Å². The minimum atomic E-state index is 0.717. The quantitative estimate of drug-likeness (QED) is 0.671. The van der Waals surface area contributed by atoms with Crippen molar-refractivity contribution in [1.82, 2.24) is 4.98 Å². The van der Waals surface area contributed by atoms with Crippen molar-refractivity contribution in [2.45, 2.75) is 38.5 Å². The summed E-state index contributed by atoms with van der Waals surface area (Å²) in [5.41, 5.74) is 7.56. The summed E-state index contributed by atoms with van der Waals surface area (Å²) in [7, 11) is 0. The monoisotopic (exact) mass is 223 g/mol. The molecule has 0 radical (unpaired) electrons. The first-order valence-corrected chi connectivity index (χ1v) is 6.67. The number of hydrogen-bond donors (Lipinski definition) is 1. The molecule has 0 unspecified atom stereocenters. The van der Waals surface area contributed by atoms with Crippen LogP contribution < -0.4 is 0 Å². The molecule has 0 bridgehead atoms. The first kappa shape index (κ1) is 9.52. The molecule has 0 spiro atoms. The summed E-state index contributed by atoms with van der Waals surface area (Å²) < 4.78 is 0. The summed E-state index contributed by atoms with van der Waals surface area (Å²) in [5, 5.41) is 1.45. The van der Waals surface area contributed by atoms with Crippen molar-refractivity contribution < 1.29 is 0 Å². The van der Waals surface area contributed by atoms with Gasteiger partial charge in [-0.3, -0.25) is 0 Å². The Morgan fingerprint density at radius 2 is 2.06 bits per heavy atom. The van der Waals surface area contributed by atoms with Gasteiger partial charge in [0.15, 0.2) is 0 Å². The van der Waals surface area contributed by atoms with E-state index in [1.807, 2.05) is 0 Å². The van der Waals surface area contributed by atoms with Gasteiger partial charge in [0, 0.05) is 22.5 Å².